The van der Waals surface area contributed by atoms with E-state index in [4.69, 9.17) is 0 Å². The molecule has 4 unspecified atom stereocenters. The first-order valence-corrected chi connectivity index (χ1v) is 12.7. The van der Waals surface area contributed by atoms with Crippen molar-refractivity contribution in [2.45, 2.75) is 111 Å². The highest BCUT2D eigenvalue weighted by Crippen LogP contribution is 2.69. The molecule has 0 heterocycles. The number of rotatable bonds is 4. The predicted molar refractivity (Wildman–Crippen MR) is 117 cm³/mol. The fraction of sp³-hybridized carbons (Fsp3) is 1.00. The number of hydrogen-bond donors (Lipinski definition) is 3. The molecule has 0 bridgehead atoms. The molecule has 12 atom stereocenters. The van der Waals surface area contributed by atoms with Crippen LogP contribution in [0.1, 0.15) is 92.4 Å². The molecular weight excluding hydrogens is 360 g/mol. The van der Waals surface area contributed by atoms with Crippen LogP contribution >= 0.6 is 0 Å². The third kappa shape index (κ3) is 3.16. The third-order valence-corrected chi connectivity index (χ3v) is 10.8. The van der Waals surface area contributed by atoms with Crippen LogP contribution in [-0.2, 0) is 0 Å². The maximum Gasteiger partial charge on any atom is 0.0605 e. The predicted octanol–water partition coefficient (Wildman–Crippen LogP) is 5.02. The van der Waals surface area contributed by atoms with Gasteiger partial charge in [-0.15, -0.1) is 0 Å². The third-order valence-electron chi connectivity index (χ3n) is 10.8. The van der Waals surface area contributed by atoms with Gasteiger partial charge in [-0.3, -0.25) is 0 Å². The summed E-state index contributed by atoms with van der Waals surface area (Å²) in [4.78, 5) is 0. The van der Waals surface area contributed by atoms with Crippen molar-refractivity contribution in [2.75, 3.05) is 0 Å². The molecule has 3 N–H and O–H groups in total. The minimum Gasteiger partial charge on any atom is -0.393 e. The normalized spacial score (nSPS) is 55.7. The van der Waals surface area contributed by atoms with Gasteiger partial charge in [0.1, 0.15) is 0 Å². The van der Waals surface area contributed by atoms with Gasteiger partial charge in [-0.05, 0) is 90.8 Å². The van der Waals surface area contributed by atoms with Crippen molar-refractivity contribution in [3.8, 4) is 0 Å². The van der Waals surface area contributed by atoms with Crippen molar-refractivity contribution in [3.05, 3.63) is 0 Å². The lowest BCUT2D eigenvalue weighted by Crippen LogP contribution is -2.65. The van der Waals surface area contributed by atoms with Crippen molar-refractivity contribution in [2.24, 2.45) is 52.3 Å². The van der Waals surface area contributed by atoms with Crippen LogP contribution in [-0.4, -0.2) is 33.6 Å². The van der Waals surface area contributed by atoms with Crippen LogP contribution in [0.5, 0.6) is 0 Å². The topological polar surface area (TPSA) is 60.7 Å². The summed E-state index contributed by atoms with van der Waals surface area (Å²) < 4.78 is 0. The molecule has 3 nitrogen and oxygen atoms in total. The van der Waals surface area contributed by atoms with Gasteiger partial charge in [0, 0.05) is 0 Å². The van der Waals surface area contributed by atoms with Gasteiger partial charge in [-0.25, -0.2) is 0 Å². The van der Waals surface area contributed by atoms with Crippen LogP contribution in [0.3, 0.4) is 0 Å². The summed E-state index contributed by atoms with van der Waals surface area (Å²) >= 11 is 0. The SMILES string of the molecule is CCC[C@@H](C)[C@H]1CCC2C3C(O)[C@H](CC)[C@@H]4C[C@H](O)CC[C@]4(C)C3[C@@H](O)C[C@@]21C. The highest BCUT2D eigenvalue weighted by Gasteiger charge is 2.67. The molecule has 4 fully saturated rings. The fourth-order valence-corrected chi connectivity index (χ4v) is 9.70. The molecule has 0 saturated heterocycles. The number of fused-ring (bicyclic) bond motifs is 5. The average molecular weight is 407 g/mol. The monoisotopic (exact) mass is 406 g/mol. The largest absolute Gasteiger partial charge is 0.393 e. The van der Waals surface area contributed by atoms with E-state index in [1.54, 1.807) is 0 Å². The van der Waals surface area contributed by atoms with Crippen LogP contribution in [0.15, 0.2) is 0 Å². The molecular formula is C26H46O3. The Labute approximate surface area is 178 Å². The van der Waals surface area contributed by atoms with Gasteiger partial charge in [0.25, 0.3) is 0 Å². The molecule has 3 heteroatoms. The van der Waals surface area contributed by atoms with E-state index in [0.717, 1.165) is 32.1 Å². The van der Waals surface area contributed by atoms with E-state index < -0.39 is 0 Å². The van der Waals surface area contributed by atoms with Gasteiger partial charge in [0.15, 0.2) is 0 Å². The van der Waals surface area contributed by atoms with Crippen LogP contribution in [0.2, 0.25) is 0 Å². The maximum atomic E-state index is 11.7. The molecule has 4 rings (SSSR count). The standard InChI is InChI=1S/C26H46O3/c1-6-8-15(3)18-9-10-19-22-23(21(28)14-26(18,19)5)25(4)12-11-16(27)13-20(25)17(7-2)24(22)29/h15-24,27-29H,6-14H2,1-5H3/t15-,16-,17-,18-,19?,20+,21+,22?,23?,24?,25+,26-/m1/s1. The summed E-state index contributed by atoms with van der Waals surface area (Å²) in [6.07, 6.45) is 8.66. The molecule has 4 aliphatic carbocycles. The Balaban J connectivity index is 1.72. The van der Waals surface area contributed by atoms with Gasteiger partial charge in [-0.2, -0.15) is 0 Å². The molecule has 0 aromatic carbocycles. The van der Waals surface area contributed by atoms with Gasteiger partial charge < -0.3 is 15.3 Å². The Kier molecular flexibility index (Phi) is 5.93. The summed E-state index contributed by atoms with van der Waals surface area (Å²) in [6.45, 7) is 11.8. The molecule has 0 aliphatic heterocycles. The van der Waals surface area contributed by atoms with Crippen molar-refractivity contribution in [1.82, 2.24) is 0 Å². The molecule has 0 radical (unpaired) electrons. The first-order valence-electron chi connectivity index (χ1n) is 12.7. The summed E-state index contributed by atoms with van der Waals surface area (Å²) in [5, 5.41) is 33.8. The molecule has 4 aliphatic rings. The van der Waals surface area contributed by atoms with E-state index in [2.05, 4.69) is 34.6 Å². The second-order valence-electron chi connectivity index (χ2n) is 12.0. The molecule has 0 amide bonds. The van der Waals surface area contributed by atoms with E-state index >= 15 is 0 Å². The van der Waals surface area contributed by atoms with E-state index in [1.165, 1.54) is 25.7 Å². The Morgan fingerprint density at radius 2 is 1.69 bits per heavy atom. The minimum atomic E-state index is -0.326. The number of aliphatic hydroxyl groups excluding tert-OH is 3. The lowest BCUT2D eigenvalue weighted by molar-refractivity contribution is -0.235. The number of aliphatic hydroxyl groups is 3. The zero-order valence-corrected chi connectivity index (χ0v) is 19.5. The first kappa shape index (κ1) is 22.1. The molecule has 29 heavy (non-hydrogen) atoms. The van der Waals surface area contributed by atoms with Crippen LogP contribution < -0.4 is 0 Å². The highest BCUT2D eigenvalue weighted by molar-refractivity contribution is 5.15. The summed E-state index contributed by atoms with van der Waals surface area (Å²) in [5.41, 5.74) is 0.212. The zero-order chi connectivity index (χ0) is 21.1. The quantitative estimate of drug-likeness (QED) is 0.614. The van der Waals surface area contributed by atoms with Crippen LogP contribution in [0.4, 0.5) is 0 Å². The van der Waals surface area contributed by atoms with Gasteiger partial charge in [0.2, 0.25) is 0 Å². The number of hydrogen-bond acceptors (Lipinski definition) is 3. The molecule has 0 aromatic heterocycles. The van der Waals surface area contributed by atoms with Crippen molar-refractivity contribution < 1.29 is 15.3 Å². The van der Waals surface area contributed by atoms with Gasteiger partial charge in [0.05, 0.1) is 18.3 Å². The van der Waals surface area contributed by atoms with Crippen LogP contribution in [0, 0.1) is 52.3 Å². The average Bonchev–Trinajstić information content (AvgIpc) is 3.00. The Hall–Kier alpha value is -0.120. The lowest BCUT2D eigenvalue weighted by atomic mass is 9.40. The van der Waals surface area contributed by atoms with E-state index in [0.29, 0.717) is 23.7 Å². The van der Waals surface area contributed by atoms with Crippen molar-refractivity contribution in [3.63, 3.8) is 0 Å². The Bertz CT molecular complexity index is 593. The molecule has 0 aromatic rings. The van der Waals surface area contributed by atoms with Gasteiger partial charge in [-0.1, -0.05) is 53.9 Å². The summed E-state index contributed by atoms with van der Waals surface area (Å²) in [5.74, 6) is 2.93. The second kappa shape index (κ2) is 7.78. The van der Waals surface area contributed by atoms with Crippen molar-refractivity contribution >= 4 is 0 Å². The molecule has 168 valence electrons. The molecule has 0 spiro atoms. The minimum absolute atomic E-state index is 0.0532. The van der Waals surface area contributed by atoms with E-state index in [-0.39, 0.29) is 46.9 Å². The maximum absolute atomic E-state index is 11.7. The Morgan fingerprint density at radius 1 is 0.966 bits per heavy atom. The van der Waals surface area contributed by atoms with E-state index in [1.807, 2.05) is 0 Å². The second-order valence-corrected chi connectivity index (χ2v) is 12.0. The summed E-state index contributed by atoms with van der Waals surface area (Å²) in [7, 11) is 0. The highest BCUT2D eigenvalue weighted by atomic mass is 16.3. The zero-order valence-electron chi connectivity index (χ0n) is 19.5. The van der Waals surface area contributed by atoms with Crippen LogP contribution in [0.25, 0.3) is 0 Å². The first-order chi connectivity index (χ1) is 13.7. The molecule has 4 saturated carbocycles. The van der Waals surface area contributed by atoms with E-state index in [9.17, 15) is 15.3 Å². The fourth-order valence-electron chi connectivity index (χ4n) is 9.70. The van der Waals surface area contributed by atoms with Crippen molar-refractivity contribution in [1.29, 1.82) is 0 Å². The lowest BCUT2D eigenvalue weighted by Gasteiger charge is -2.66. The van der Waals surface area contributed by atoms with Gasteiger partial charge >= 0.3 is 0 Å². The smallest absolute Gasteiger partial charge is 0.0605 e. The Morgan fingerprint density at radius 3 is 2.34 bits per heavy atom. The summed E-state index contributed by atoms with van der Waals surface area (Å²) in [6, 6.07) is 0.